The number of rotatable bonds is 1. The van der Waals surface area contributed by atoms with Crippen LogP contribution in [0.15, 0.2) is 12.4 Å². The van der Waals surface area contributed by atoms with Crippen molar-refractivity contribution in [3.8, 4) is 0 Å². The van der Waals surface area contributed by atoms with Gasteiger partial charge in [0.2, 0.25) is 0 Å². The molecule has 1 heterocycles. The summed E-state index contributed by atoms with van der Waals surface area (Å²) in [7, 11) is 0. The minimum atomic E-state index is -0.209. The summed E-state index contributed by atoms with van der Waals surface area (Å²) in [5, 5.41) is 0. The molecule has 0 bridgehead atoms. The van der Waals surface area contributed by atoms with E-state index in [-0.39, 0.29) is 5.82 Å². The van der Waals surface area contributed by atoms with Gasteiger partial charge in [-0.05, 0) is 24.5 Å². The zero-order chi connectivity index (χ0) is 7.56. The van der Waals surface area contributed by atoms with Crippen LogP contribution in [0.4, 0.5) is 4.39 Å². The first-order valence-electron chi connectivity index (χ1n) is 3.34. The maximum absolute atomic E-state index is 12.7. The van der Waals surface area contributed by atoms with Crippen LogP contribution in [-0.2, 0) is 6.42 Å². The molecule has 54 valence electrons. The van der Waals surface area contributed by atoms with Gasteiger partial charge < -0.3 is 0 Å². The van der Waals surface area contributed by atoms with Crippen molar-refractivity contribution < 1.29 is 4.39 Å². The van der Waals surface area contributed by atoms with Crippen LogP contribution >= 0.6 is 0 Å². The Morgan fingerprint density at radius 1 is 1.50 bits per heavy atom. The van der Waals surface area contributed by atoms with Crippen LogP contribution < -0.4 is 0 Å². The molecule has 0 amide bonds. The summed E-state index contributed by atoms with van der Waals surface area (Å²) in [5.74, 6) is -0.209. The van der Waals surface area contributed by atoms with Crippen LogP contribution in [0, 0.1) is 12.7 Å². The predicted molar refractivity (Wildman–Crippen MR) is 38.3 cm³/mol. The molecule has 0 aromatic carbocycles. The SMILES string of the molecule is CCc1cncc(F)c1C. The molecule has 0 saturated heterocycles. The van der Waals surface area contributed by atoms with Gasteiger partial charge in [0.15, 0.2) is 0 Å². The molecule has 0 aliphatic rings. The third-order valence-corrected chi connectivity index (χ3v) is 1.64. The Hall–Kier alpha value is -0.920. The van der Waals surface area contributed by atoms with Gasteiger partial charge in [0.25, 0.3) is 0 Å². The minimum Gasteiger partial charge on any atom is -0.261 e. The lowest BCUT2D eigenvalue weighted by molar-refractivity contribution is 0.608. The Kier molecular flexibility index (Phi) is 2.00. The lowest BCUT2D eigenvalue weighted by Crippen LogP contribution is -1.91. The Labute approximate surface area is 59.9 Å². The summed E-state index contributed by atoms with van der Waals surface area (Å²) < 4.78 is 12.7. The molecule has 2 heteroatoms. The normalized spacial score (nSPS) is 9.90. The van der Waals surface area contributed by atoms with Crippen LogP contribution in [0.2, 0.25) is 0 Å². The average molecular weight is 139 g/mol. The lowest BCUT2D eigenvalue weighted by atomic mass is 10.1. The third kappa shape index (κ3) is 1.15. The van der Waals surface area contributed by atoms with E-state index in [1.54, 1.807) is 13.1 Å². The number of nitrogens with zero attached hydrogens (tertiary/aromatic N) is 1. The molecule has 1 aromatic heterocycles. The average Bonchev–Trinajstić information content (AvgIpc) is 1.95. The van der Waals surface area contributed by atoms with E-state index in [0.717, 1.165) is 17.5 Å². The predicted octanol–water partition coefficient (Wildman–Crippen LogP) is 2.09. The van der Waals surface area contributed by atoms with Crippen molar-refractivity contribution in [2.75, 3.05) is 0 Å². The van der Waals surface area contributed by atoms with Crippen LogP contribution in [0.25, 0.3) is 0 Å². The van der Waals surface area contributed by atoms with Gasteiger partial charge in [-0.15, -0.1) is 0 Å². The number of aromatic nitrogens is 1. The van der Waals surface area contributed by atoms with Crippen LogP contribution in [0.1, 0.15) is 18.1 Å². The van der Waals surface area contributed by atoms with Gasteiger partial charge >= 0.3 is 0 Å². The van der Waals surface area contributed by atoms with Crippen molar-refractivity contribution in [2.45, 2.75) is 20.3 Å². The third-order valence-electron chi connectivity index (χ3n) is 1.64. The smallest absolute Gasteiger partial charge is 0.144 e. The summed E-state index contributed by atoms with van der Waals surface area (Å²) in [6.45, 7) is 3.76. The number of pyridine rings is 1. The topological polar surface area (TPSA) is 12.9 Å². The Balaban J connectivity index is 3.14. The first-order chi connectivity index (χ1) is 4.75. The van der Waals surface area contributed by atoms with Crippen molar-refractivity contribution in [3.63, 3.8) is 0 Å². The van der Waals surface area contributed by atoms with Crippen LogP contribution in [-0.4, -0.2) is 4.98 Å². The quantitative estimate of drug-likeness (QED) is 0.580. The summed E-state index contributed by atoms with van der Waals surface area (Å²) in [6.07, 6.45) is 3.80. The molecule has 0 unspecified atom stereocenters. The molecule has 0 N–H and O–H groups in total. The molecule has 0 spiro atoms. The zero-order valence-corrected chi connectivity index (χ0v) is 6.19. The number of hydrogen-bond acceptors (Lipinski definition) is 1. The fourth-order valence-corrected chi connectivity index (χ4v) is 0.896. The van der Waals surface area contributed by atoms with Crippen LogP contribution in [0.3, 0.4) is 0 Å². The van der Waals surface area contributed by atoms with Crippen molar-refractivity contribution in [2.24, 2.45) is 0 Å². The van der Waals surface area contributed by atoms with E-state index < -0.39 is 0 Å². The highest BCUT2D eigenvalue weighted by atomic mass is 19.1. The van der Waals surface area contributed by atoms with Gasteiger partial charge in [-0.3, -0.25) is 4.98 Å². The van der Waals surface area contributed by atoms with Gasteiger partial charge in [-0.2, -0.15) is 0 Å². The van der Waals surface area contributed by atoms with Crippen molar-refractivity contribution >= 4 is 0 Å². The second kappa shape index (κ2) is 2.78. The van der Waals surface area contributed by atoms with E-state index in [1.165, 1.54) is 6.20 Å². The summed E-state index contributed by atoms with van der Waals surface area (Å²) in [6, 6.07) is 0. The molecule has 0 aliphatic carbocycles. The molecule has 1 nitrogen and oxygen atoms in total. The Morgan fingerprint density at radius 2 is 2.20 bits per heavy atom. The molecular weight excluding hydrogens is 129 g/mol. The summed E-state index contributed by atoms with van der Waals surface area (Å²) in [5.41, 5.74) is 1.71. The summed E-state index contributed by atoms with van der Waals surface area (Å²) >= 11 is 0. The van der Waals surface area contributed by atoms with E-state index in [1.807, 2.05) is 6.92 Å². The Bertz CT molecular complexity index is 233. The minimum absolute atomic E-state index is 0.209. The molecule has 0 fully saturated rings. The van der Waals surface area contributed by atoms with Crippen molar-refractivity contribution in [3.05, 3.63) is 29.3 Å². The highest BCUT2D eigenvalue weighted by molar-refractivity contribution is 5.22. The highest BCUT2D eigenvalue weighted by Crippen LogP contribution is 2.09. The molecule has 1 aromatic rings. The van der Waals surface area contributed by atoms with Gasteiger partial charge in [-0.1, -0.05) is 6.92 Å². The maximum Gasteiger partial charge on any atom is 0.144 e. The number of halogens is 1. The molecule has 1 rings (SSSR count). The lowest BCUT2D eigenvalue weighted by Gasteiger charge is -2.00. The zero-order valence-electron chi connectivity index (χ0n) is 6.19. The van der Waals surface area contributed by atoms with Crippen molar-refractivity contribution in [1.29, 1.82) is 0 Å². The van der Waals surface area contributed by atoms with E-state index in [0.29, 0.717) is 0 Å². The Morgan fingerprint density at radius 3 is 2.70 bits per heavy atom. The van der Waals surface area contributed by atoms with Crippen molar-refractivity contribution in [1.82, 2.24) is 4.98 Å². The van der Waals surface area contributed by atoms with Gasteiger partial charge in [0, 0.05) is 6.20 Å². The standard InChI is InChI=1S/C8H10FN/c1-3-7-4-10-5-8(9)6(7)2/h4-5H,3H2,1-2H3. The first-order valence-corrected chi connectivity index (χ1v) is 3.34. The molecule has 10 heavy (non-hydrogen) atoms. The molecule has 0 radical (unpaired) electrons. The molecule has 0 aliphatic heterocycles. The largest absolute Gasteiger partial charge is 0.261 e. The first kappa shape index (κ1) is 7.19. The highest BCUT2D eigenvalue weighted by Gasteiger charge is 2.00. The number of aryl methyl sites for hydroxylation is 1. The second-order valence-corrected chi connectivity index (χ2v) is 2.26. The monoisotopic (exact) mass is 139 g/mol. The fraction of sp³-hybridized carbons (Fsp3) is 0.375. The summed E-state index contributed by atoms with van der Waals surface area (Å²) in [4.78, 5) is 3.74. The number of hydrogen-bond donors (Lipinski definition) is 0. The maximum atomic E-state index is 12.7. The van der Waals surface area contributed by atoms with Gasteiger partial charge in [0.1, 0.15) is 5.82 Å². The molecular formula is C8H10FN. The molecule has 0 atom stereocenters. The van der Waals surface area contributed by atoms with E-state index in [9.17, 15) is 4.39 Å². The van der Waals surface area contributed by atoms with E-state index in [4.69, 9.17) is 0 Å². The second-order valence-electron chi connectivity index (χ2n) is 2.26. The van der Waals surface area contributed by atoms with Gasteiger partial charge in [0.05, 0.1) is 6.20 Å². The van der Waals surface area contributed by atoms with E-state index >= 15 is 0 Å². The van der Waals surface area contributed by atoms with Crippen LogP contribution in [0.5, 0.6) is 0 Å². The van der Waals surface area contributed by atoms with E-state index in [2.05, 4.69) is 4.98 Å². The van der Waals surface area contributed by atoms with Gasteiger partial charge in [-0.25, -0.2) is 4.39 Å². The molecule has 0 saturated carbocycles. The fourth-order valence-electron chi connectivity index (χ4n) is 0.896.